The Labute approximate surface area is 128 Å². The van der Waals surface area contributed by atoms with Crippen LogP contribution in [-0.2, 0) is 10.0 Å². The molecular weight excluding hydrogens is 317 g/mol. The van der Waals surface area contributed by atoms with Gasteiger partial charge in [-0.15, -0.1) is 0 Å². The van der Waals surface area contributed by atoms with E-state index < -0.39 is 10.0 Å². The molecule has 0 saturated carbocycles. The summed E-state index contributed by atoms with van der Waals surface area (Å²) in [6.07, 6.45) is 0. The van der Waals surface area contributed by atoms with E-state index in [0.717, 1.165) is 5.56 Å². The molecule has 0 amide bonds. The highest BCUT2D eigenvalue weighted by Crippen LogP contribution is 2.28. The molecule has 0 aliphatic carbocycles. The van der Waals surface area contributed by atoms with Gasteiger partial charge in [0.1, 0.15) is 0 Å². The molecule has 0 aliphatic heterocycles. The van der Waals surface area contributed by atoms with Gasteiger partial charge in [0.25, 0.3) is 10.0 Å². The van der Waals surface area contributed by atoms with Crippen LogP contribution in [0.1, 0.15) is 11.1 Å². The van der Waals surface area contributed by atoms with Crippen molar-refractivity contribution in [3.05, 3.63) is 57.6 Å². The van der Waals surface area contributed by atoms with E-state index in [9.17, 15) is 8.42 Å². The van der Waals surface area contributed by atoms with Gasteiger partial charge in [-0.2, -0.15) is 0 Å². The number of hydrogen-bond donors (Lipinski definition) is 1. The van der Waals surface area contributed by atoms with Gasteiger partial charge in [-0.1, -0.05) is 35.3 Å². The van der Waals surface area contributed by atoms with E-state index in [4.69, 9.17) is 23.2 Å². The number of anilines is 1. The van der Waals surface area contributed by atoms with E-state index in [0.29, 0.717) is 15.6 Å². The van der Waals surface area contributed by atoms with Gasteiger partial charge in [-0.25, -0.2) is 8.42 Å². The molecular formula is C14H13Cl2NO2S. The summed E-state index contributed by atoms with van der Waals surface area (Å²) in [6, 6.07) is 9.87. The molecule has 0 aliphatic rings. The van der Waals surface area contributed by atoms with Crippen LogP contribution in [0.4, 0.5) is 5.69 Å². The second kappa shape index (κ2) is 5.64. The fraction of sp³-hybridized carbons (Fsp3) is 0.143. The average Bonchev–Trinajstić information content (AvgIpc) is 2.36. The minimum absolute atomic E-state index is 0.230. The topological polar surface area (TPSA) is 46.2 Å². The van der Waals surface area contributed by atoms with Crippen LogP contribution in [0.2, 0.25) is 10.0 Å². The first kappa shape index (κ1) is 15.2. The zero-order chi connectivity index (χ0) is 14.9. The molecule has 106 valence electrons. The van der Waals surface area contributed by atoms with Crippen molar-refractivity contribution in [1.29, 1.82) is 0 Å². The van der Waals surface area contributed by atoms with Crippen LogP contribution in [-0.4, -0.2) is 8.42 Å². The first-order valence-corrected chi connectivity index (χ1v) is 8.08. The monoisotopic (exact) mass is 329 g/mol. The Balaban J connectivity index is 2.46. The van der Waals surface area contributed by atoms with E-state index >= 15 is 0 Å². The maximum Gasteiger partial charge on any atom is 0.262 e. The third kappa shape index (κ3) is 3.26. The van der Waals surface area contributed by atoms with E-state index in [1.165, 1.54) is 6.07 Å². The highest BCUT2D eigenvalue weighted by Gasteiger charge is 2.18. The number of sulfonamides is 1. The number of rotatable bonds is 3. The number of halogens is 2. The molecule has 0 atom stereocenters. The summed E-state index contributed by atoms with van der Waals surface area (Å²) in [5.41, 5.74) is 1.80. The van der Waals surface area contributed by atoms with Crippen LogP contribution in [0.25, 0.3) is 0 Å². The van der Waals surface area contributed by atoms with Gasteiger partial charge >= 0.3 is 0 Å². The van der Waals surface area contributed by atoms with Crippen molar-refractivity contribution >= 4 is 38.9 Å². The highest BCUT2D eigenvalue weighted by molar-refractivity contribution is 7.92. The predicted molar refractivity (Wildman–Crippen MR) is 83.2 cm³/mol. The van der Waals surface area contributed by atoms with Gasteiger partial charge in [-0.3, -0.25) is 4.72 Å². The Morgan fingerprint density at radius 3 is 2.40 bits per heavy atom. The second-order valence-corrected chi connectivity index (χ2v) is 6.99. The van der Waals surface area contributed by atoms with Crippen molar-refractivity contribution in [1.82, 2.24) is 0 Å². The largest absolute Gasteiger partial charge is 0.278 e. The molecule has 20 heavy (non-hydrogen) atoms. The number of benzene rings is 2. The van der Waals surface area contributed by atoms with Crippen LogP contribution < -0.4 is 4.72 Å². The number of nitrogens with one attached hydrogen (secondary N) is 1. The highest BCUT2D eigenvalue weighted by atomic mass is 35.5. The van der Waals surface area contributed by atoms with Crippen molar-refractivity contribution < 1.29 is 8.42 Å². The first-order valence-electron chi connectivity index (χ1n) is 5.85. The Hall–Kier alpha value is -1.23. The lowest BCUT2D eigenvalue weighted by molar-refractivity contribution is 0.600. The van der Waals surface area contributed by atoms with E-state index in [2.05, 4.69) is 4.72 Å². The molecule has 3 nitrogen and oxygen atoms in total. The predicted octanol–water partition coefficient (Wildman–Crippen LogP) is 4.41. The maximum atomic E-state index is 12.4. The number of aryl methyl sites for hydroxylation is 2. The lowest BCUT2D eigenvalue weighted by Crippen LogP contribution is -2.14. The van der Waals surface area contributed by atoms with E-state index in [1.54, 1.807) is 31.2 Å². The molecule has 6 heteroatoms. The molecule has 0 unspecified atom stereocenters. The Kier molecular flexibility index (Phi) is 4.28. The standard InChI is InChI=1S/C14H13Cl2NO2S/c1-9-3-4-10(2)14(7-9)20(18,19)17-13-8-11(15)5-6-12(13)16/h3-8,17H,1-2H3. The molecule has 0 bridgehead atoms. The van der Waals surface area contributed by atoms with Crippen LogP contribution in [0.5, 0.6) is 0 Å². The van der Waals surface area contributed by atoms with Gasteiger partial charge in [0, 0.05) is 5.02 Å². The molecule has 2 aromatic rings. The molecule has 0 spiro atoms. The van der Waals surface area contributed by atoms with Gasteiger partial charge < -0.3 is 0 Å². The lowest BCUT2D eigenvalue weighted by Gasteiger charge is -2.12. The van der Waals surface area contributed by atoms with Crippen molar-refractivity contribution in [2.45, 2.75) is 18.7 Å². The minimum atomic E-state index is -3.70. The Bertz CT molecular complexity index is 758. The van der Waals surface area contributed by atoms with Gasteiger partial charge in [0.05, 0.1) is 15.6 Å². The van der Waals surface area contributed by atoms with Crippen molar-refractivity contribution in [3.8, 4) is 0 Å². The second-order valence-electron chi connectivity index (χ2n) is 4.50. The average molecular weight is 330 g/mol. The summed E-state index contributed by atoms with van der Waals surface area (Å²) in [4.78, 5) is 0.230. The lowest BCUT2D eigenvalue weighted by atomic mass is 10.2. The summed E-state index contributed by atoms with van der Waals surface area (Å²) in [5.74, 6) is 0. The Morgan fingerprint density at radius 2 is 1.70 bits per heavy atom. The van der Waals surface area contributed by atoms with Gasteiger partial charge in [-0.05, 0) is 49.2 Å². The molecule has 2 rings (SSSR count). The van der Waals surface area contributed by atoms with Gasteiger partial charge in [0.2, 0.25) is 0 Å². The molecule has 0 radical (unpaired) electrons. The third-order valence-corrected chi connectivity index (χ3v) is 4.88. The van der Waals surface area contributed by atoms with Crippen LogP contribution in [0, 0.1) is 13.8 Å². The molecule has 2 aromatic carbocycles. The fourth-order valence-electron chi connectivity index (χ4n) is 1.77. The Morgan fingerprint density at radius 1 is 1.00 bits per heavy atom. The van der Waals surface area contributed by atoms with Crippen LogP contribution in [0.3, 0.4) is 0 Å². The first-order chi connectivity index (χ1) is 9.29. The SMILES string of the molecule is Cc1ccc(C)c(S(=O)(=O)Nc2cc(Cl)ccc2Cl)c1. The quantitative estimate of drug-likeness (QED) is 0.906. The van der Waals surface area contributed by atoms with Crippen molar-refractivity contribution in [2.75, 3.05) is 4.72 Å². The van der Waals surface area contributed by atoms with Crippen LogP contribution >= 0.6 is 23.2 Å². The van der Waals surface area contributed by atoms with Crippen LogP contribution in [0.15, 0.2) is 41.3 Å². The minimum Gasteiger partial charge on any atom is -0.278 e. The van der Waals surface area contributed by atoms with Crippen molar-refractivity contribution in [3.63, 3.8) is 0 Å². The van der Waals surface area contributed by atoms with E-state index in [1.807, 2.05) is 13.0 Å². The molecule has 0 aromatic heterocycles. The van der Waals surface area contributed by atoms with Crippen molar-refractivity contribution in [2.24, 2.45) is 0 Å². The summed E-state index contributed by atoms with van der Waals surface area (Å²) in [6.45, 7) is 3.58. The molecule has 1 N–H and O–H groups in total. The summed E-state index contributed by atoms with van der Waals surface area (Å²) >= 11 is 11.8. The molecule has 0 heterocycles. The summed E-state index contributed by atoms with van der Waals surface area (Å²) in [5, 5.41) is 0.705. The van der Waals surface area contributed by atoms with Gasteiger partial charge in [0.15, 0.2) is 0 Å². The molecule has 0 saturated heterocycles. The maximum absolute atomic E-state index is 12.4. The zero-order valence-electron chi connectivity index (χ0n) is 10.9. The normalized spacial score (nSPS) is 11.4. The summed E-state index contributed by atoms with van der Waals surface area (Å²) < 4.78 is 27.3. The smallest absolute Gasteiger partial charge is 0.262 e. The zero-order valence-corrected chi connectivity index (χ0v) is 13.3. The molecule has 0 fully saturated rings. The number of hydrogen-bond acceptors (Lipinski definition) is 2. The third-order valence-electron chi connectivity index (χ3n) is 2.81. The summed E-state index contributed by atoms with van der Waals surface area (Å²) in [7, 11) is -3.70. The fourth-order valence-corrected chi connectivity index (χ4v) is 3.57. The van der Waals surface area contributed by atoms with E-state index in [-0.39, 0.29) is 10.6 Å².